The van der Waals surface area contributed by atoms with Gasteiger partial charge in [0.25, 0.3) is 0 Å². The van der Waals surface area contributed by atoms with Crippen LogP contribution < -0.4 is 5.46 Å². The predicted octanol–water partition coefficient (Wildman–Crippen LogP) is -0.0691. The van der Waals surface area contributed by atoms with Crippen LogP contribution >= 0.6 is 0 Å². The van der Waals surface area contributed by atoms with E-state index in [4.69, 9.17) is 9.14 Å². The van der Waals surface area contributed by atoms with Gasteiger partial charge in [-0.2, -0.15) is 0 Å². The maximum atomic E-state index is 13.2. The van der Waals surface area contributed by atoms with Crippen LogP contribution in [0.25, 0.3) is 0 Å². The third kappa shape index (κ3) is 2.04. The molecule has 1 aromatic rings. The second kappa shape index (κ2) is 4.30. The summed E-state index contributed by atoms with van der Waals surface area (Å²) in [5.41, 5.74) is -0.246. The van der Waals surface area contributed by atoms with E-state index < -0.39 is 24.6 Å². The van der Waals surface area contributed by atoms with E-state index in [1.54, 1.807) is 0 Å². The van der Waals surface area contributed by atoms with Gasteiger partial charge in [0, 0.05) is 5.46 Å². The molecule has 0 bridgehead atoms. The summed E-state index contributed by atoms with van der Waals surface area (Å²) in [4.78, 5) is 0. The lowest BCUT2D eigenvalue weighted by Gasteiger charge is -2.19. The molecule has 9 heteroatoms. The molecule has 0 amide bonds. The Morgan fingerprint density at radius 3 is 2.33 bits per heavy atom. The SMILES string of the molecule is Fc1ccc(B2O[B]O[B]O2)c(F)c1F. The molecular weight excluding hydrogens is 209 g/mol. The standard InChI is InChI=1S/C6H2B3F3O3/c10-4-2-1-3(5(11)6(4)12)9-14-7-13-8-15-9/h1-2H. The van der Waals surface area contributed by atoms with E-state index in [2.05, 4.69) is 4.57 Å². The molecule has 0 spiro atoms. The molecule has 0 atom stereocenters. The Labute approximate surface area is 85.3 Å². The van der Waals surface area contributed by atoms with Crippen LogP contribution in [0.5, 0.6) is 0 Å². The Kier molecular flexibility index (Phi) is 3.04. The smallest absolute Gasteiger partial charge is 0.457 e. The monoisotopic (exact) mass is 212 g/mol. The van der Waals surface area contributed by atoms with Gasteiger partial charge in [0.1, 0.15) is 0 Å². The van der Waals surface area contributed by atoms with Crippen molar-refractivity contribution in [2.75, 3.05) is 0 Å². The number of hydrogen-bond donors (Lipinski definition) is 0. The normalized spacial score (nSPS) is 15.8. The summed E-state index contributed by atoms with van der Waals surface area (Å²) in [6.45, 7) is 0. The van der Waals surface area contributed by atoms with Gasteiger partial charge < -0.3 is 13.7 Å². The molecule has 0 aliphatic carbocycles. The molecule has 1 heterocycles. The van der Waals surface area contributed by atoms with Crippen molar-refractivity contribution in [3.05, 3.63) is 29.6 Å². The van der Waals surface area contributed by atoms with Crippen LogP contribution in [0.1, 0.15) is 0 Å². The van der Waals surface area contributed by atoms with Gasteiger partial charge in [-0.05, 0) is 6.07 Å². The van der Waals surface area contributed by atoms with Crippen molar-refractivity contribution in [3.63, 3.8) is 0 Å². The van der Waals surface area contributed by atoms with Crippen molar-refractivity contribution < 1.29 is 26.9 Å². The highest BCUT2D eigenvalue weighted by Gasteiger charge is 2.31. The quantitative estimate of drug-likeness (QED) is 0.481. The van der Waals surface area contributed by atoms with Crippen molar-refractivity contribution in [1.82, 2.24) is 0 Å². The van der Waals surface area contributed by atoms with E-state index in [1.165, 1.54) is 0 Å². The minimum atomic E-state index is -1.56. The number of benzene rings is 1. The third-order valence-electron chi connectivity index (χ3n) is 1.79. The summed E-state index contributed by atoms with van der Waals surface area (Å²) in [6, 6.07) is 1.82. The second-order valence-corrected chi connectivity index (χ2v) is 2.70. The highest BCUT2D eigenvalue weighted by Crippen LogP contribution is 2.09. The van der Waals surface area contributed by atoms with Gasteiger partial charge in [0.05, 0.1) is 0 Å². The maximum absolute atomic E-state index is 13.2. The molecule has 0 saturated carbocycles. The van der Waals surface area contributed by atoms with Gasteiger partial charge in [0.15, 0.2) is 17.5 Å². The fourth-order valence-corrected chi connectivity index (χ4v) is 1.09. The van der Waals surface area contributed by atoms with Gasteiger partial charge >= 0.3 is 22.5 Å². The van der Waals surface area contributed by atoms with E-state index in [0.717, 1.165) is 27.5 Å². The summed E-state index contributed by atoms with van der Waals surface area (Å²) >= 11 is 0. The summed E-state index contributed by atoms with van der Waals surface area (Å²) in [5.74, 6) is -4.17. The Bertz CT molecular complexity index is 372. The van der Waals surface area contributed by atoms with Crippen LogP contribution in [0.4, 0.5) is 13.2 Å². The first-order chi connectivity index (χ1) is 7.20. The van der Waals surface area contributed by atoms with E-state index in [-0.39, 0.29) is 5.46 Å². The Hall–Kier alpha value is -0.915. The van der Waals surface area contributed by atoms with Crippen molar-refractivity contribution in [2.45, 2.75) is 0 Å². The molecule has 3 nitrogen and oxygen atoms in total. The predicted molar refractivity (Wildman–Crippen MR) is 46.5 cm³/mol. The first-order valence-electron chi connectivity index (χ1n) is 3.93. The van der Waals surface area contributed by atoms with Crippen LogP contribution in [0.2, 0.25) is 0 Å². The third-order valence-corrected chi connectivity index (χ3v) is 1.79. The molecule has 2 radical (unpaired) electrons. The molecular formula is C6H2B3F3O3. The molecule has 0 unspecified atom stereocenters. The van der Waals surface area contributed by atoms with Crippen LogP contribution in [0, 0.1) is 17.5 Å². The molecule has 0 aromatic heterocycles. The molecule has 1 saturated heterocycles. The first kappa shape index (κ1) is 10.6. The molecule has 1 aliphatic heterocycles. The molecule has 74 valence electrons. The maximum Gasteiger partial charge on any atom is 0.469 e. The van der Waals surface area contributed by atoms with Crippen molar-refractivity contribution in [3.8, 4) is 0 Å². The molecule has 2 rings (SSSR count). The highest BCUT2D eigenvalue weighted by atomic mass is 19.2. The topological polar surface area (TPSA) is 27.7 Å². The molecule has 1 aromatic carbocycles. The van der Waals surface area contributed by atoms with Gasteiger partial charge in [-0.3, -0.25) is 0 Å². The van der Waals surface area contributed by atoms with Gasteiger partial charge in [0.2, 0.25) is 0 Å². The summed E-state index contributed by atoms with van der Waals surface area (Å²) in [6.07, 6.45) is 0. The lowest BCUT2D eigenvalue weighted by Crippen LogP contribution is -2.46. The van der Waals surface area contributed by atoms with Crippen molar-refractivity contribution >= 4 is 28.0 Å². The molecule has 15 heavy (non-hydrogen) atoms. The van der Waals surface area contributed by atoms with Gasteiger partial charge in [-0.25, -0.2) is 13.2 Å². The Morgan fingerprint density at radius 2 is 1.67 bits per heavy atom. The van der Waals surface area contributed by atoms with E-state index in [9.17, 15) is 13.2 Å². The van der Waals surface area contributed by atoms with Crippen LogP contribution in [0.3, 0.4) is 0 Å². The average molecular weight is 212 g/mol. The van der Waals surface area contributed by atoms with Gasteiger partial charge in [-0.15, -0.1) is 0 Å². The van der Waals surface area contributed by atoms with Crippen LogP contribution in [0.15, 0.2) is 12.1 Å². The second-order valence-electron chi connectivity index (χ2n) is 2.70. The largest absolute Gasteiger partial charge is 0.469 e. The number of rotatable bonds is 1. The summed E-state index contributed by atoms with van der Waals surface area (Å²) in [5, 5.41) is 0. The Balaban J connectivity index is 2.31. The highest BCUT2D eigenvalue weighted by molar-refractivity contribution is 6.71. The molecule has 1 fully saturated rings. The van der Waals surface area contributed by atoms with E-state index >= 15 is 0 Å². The Morgan fingerprint density at radius 1 is 1.00 bits per heavy atom. The summed E-state index contributed by atoms with van der Waals surface area (Å²) in [7, 11) is 0.623. The lowest BCUT2D eigenvalue weighted by atomic mass is 9.75. The minimum Gasteiger partial charge on any atom is -0.457 e. The average Bonchev–Trinajstić information content (AvgIpc) is 2.27. The molecule has 1 aliphatic rings. The molecule has 0 N–H and O–H groups in total. The van der Waals surface area contributed by atoms with Crippen molar-refractivity contribution in [1.29, 1.82) is 0 Å². The van der Waals surface area contributed by atoms with E-state index in [1.807, 2.05) is 0 Å². The van der Waals surface area contributed by atoms with Crippen molar-refractivity contribution in [2.24, 2.45) is 0 Å². The zero-order valence-electron chi connectivity index (χ0n) is 7.25. The fraction of sp³-hybridized carbons (Fsp3) is 0. The number of halogens is 3. The van der Waals surface area contributed by atoms with Crippen LogP contribution in [-0.4, -0.2) is 22.5 Å². The van der Waals surface area contributed by atoms with Gasteiger partial charge in [-0.1, -0.05) is 6.07 Å². The van der Waals surface area contributed by atoms with E-state index in [0.29, 0.717) is 0 Å². The zero-order chi connectivity index (χ0) is 10.8. The summed E-state index contributed by atoms with van der Waals surface area (Å²) < 4.78 is 52.5. The van der Waals surface area contributed by atoms with Crippen LogP contribution in [-0.2, 0) is 13.7 Å². The lowest BCUT2D eigenvalue weighted by molar-refractivity contribution is 0.331. The first-order valence-corrected chi connectivity index (χ1v) is 3.93. The number of hydrogen-bond acceptors (Lipinski definition) is 3. The zero-order valence-corrected chi connectivity index (χ0v) is 7.25. The minimum absolute atomic E-state index is 0.246. The fourth-order valence-electron chi connectivity index (χ4n) is 1.09.